The van der Waals surface area contributed by atoms with E-state index in [4.69, 9.17) is 10.5 Å². The molecule has 24 heavy (non-hydrogen) atoms. The van der Waals surface area contributed by atoms with Crippen molar-refractivity contribution >= 4 is 35.6 Å². The number of halogens is 1. The largest absolute Gasteiger partial charge is 0.497 e. The van der Waals surface area contributed by atoms with Crippen LogP contribution in [-0.2, 0) is 0 Å². The van der Waals surface area contributed by atoms with Crippen LogP contribution in [0, 0.1) is 13.8 Å². The van der Waals surface area contributed by atoms with Crippen LogP contribution in [0.4, 0.5) is 5.69 Å². The smallest absolute Gasteiger partial charge is 0.193 e. The molecule has 0 fully saturated rings. The third kappa shape index (κ3) is 6.01. The first-order valence-electron chi connectivity index (χ1n) is 7.45. The normalized spacial score (nSPS) is 12.2. The summed E-state index contributed by atoms with van der Waals surface area (Å²) in [7, 11) is 1.61. The highest BCUT2D eigenvalue weighted by Crippen LogP contribution is 2.18. The number of aliphatic imine (C=N–C) groups is 1. The van der Waals surface area contributed by atoms with Crippen molar-refractivity contribution in [1.29, 1.82) is 0 Å². The number of anilines is 1. The van der Waals surface area contributed by atoms with Crippen molar-refractivity contribution in [1.82, 2.24) is 0 Å². The molecule has 6 heteroatoms. The summed E-state index contributed by atoms with van der Waals surface area (Å²) in [6.45, 7) is 4.24. The van der Waals surface area contributed by atoms with Gasteiger partial charge in [-0.15, -0.1) is 24.0 Å². The third-order valence-corrected chi connectivity index (χ3v) is 3.43. The Bertz CT molecular complexity index is 667. The van der Waals surface area contributed by atoms with E-state index >= 15 is 0 Å². The monoisotopic (exact) mass is 441 g/mol. The van der Waals surface area contributed by atoms with Crippen LogP contribution in [0.5, 0.6) is 5.75 Å². The number of nitrogens with two attached hydrogens (primary N) is 1. The number of guanidine groups is 1. The maximum absolute atomic E-state index is 10.2. The molecule has 0 aromatic heterocycles. The van der Waals surface area contributed by atoms with Crippen molar-refractivity contribution in [2.24, 2.45) is 10.7 Å². The molecule has 0 saturated heterocycles. The second kappa shape index (κ2) is 9.48. The number of hydrogen-bond acceptors (Lipinski definition) is 3. The topological polar surface area (TPSA) is 79.9 Å². The lowest BCUT2D eigenvalue weighted by molar-refractivity contribution is 0.187. The molecule has 1 unspecified atom stereocenters. The zero-order valence-corrected chi connectivity index (χ0v) is 16.4. The minimum Gasteiger partial charge on any atom is -0.497 e. The van der Waals surface area contributed by atoms with Gasteiger partial charge in [-0.2, -0.15) is 0 Å². The molecule has 0 heterocycles. The van der Waals surface area contributed by atoms with Crippen molar-refractivity contribution in [3.05, 3.63) is 59.2 Å². The van der Waals surface area contributed by atoms with Gasteiger partial charge in [0.25, 0.3) is 0 Å². The maximum Gasteiger partial charge on any atom is 0.193 e. The van der Waals surface area contributed by atoms with Gasteiger partial charge in [-0.05, 0) is 54.8 Å². The number of nitrogens with zero attached hydrogens (tertiary/aromatic N) is 1. The zero-order valence-electron chi connectivity index (χ0n) is 14.1. The van der Waals surface area contributed by atoms with E-state index in [1.54, 1.807) is 19.2 Å². The summed E-state index contributed by atoms with van der Waals surface area (Å²) < 4.78 is 5.09. The number of aliphatic hydroxyl groups is 1. The molecule has 2 rings (SSSR count). The van der Waals surface area contributed by atoms with Gasteiger partial charge in [-0.1, -0.05) is 18.2 Å². The summed E-state index contributed by atoms with van der Waals surface area (Å²) in [5.41, 5.74) is 9.85. The van der Waals surface area contributed by atoms with Crippen LogP contribution in [-0.4, -0.2) is 24.7 Å². The molecule has 0 radical (unpaired) electrons. The van der Waals surface area contributed by atoms with Crippen LogP contribution in [0.3, 0.4) is 0 Å². The van der Waals surface area contributed by atoms with Gasteiger partial charge >= 0.3 is 0 Å². The van der Waals surface area contributed by atoms with Crippen LogP contribution >= 0.6 is 24.0 Å². The van der Waals surface area contributed by atoms with Gasteiger partial charge in [0.1, 0.15) is 5.75 Å². The average Bonchev–Trinajstić information content (AvgIpc) is 2.51. The number of aliphatic hydroxyl groups excluding tert-OH is 1. The van der Waals surface area contributed by atoms with Gasteiger partial charge in [0, 0.05) is 5.69 Å². The second-order valence-corrected chi connectivity index (χ2v) is 5.52. The Morgan fingerprint density at radius 1 is 1.17 bits per heavy atom. The van der Waals surface area contributed by atoms with Crippen molar-refractivity contribution in [2.45, 2.75) is 20.0 Å². The maximum atomic E-state index is 10.2. The zero-order chi connectivity index (χ0) is 16.8. The minimum absolute atomic E-state index is 0. The summed E-state index contributed by atoms with van der Waals surface area (Å²) in [6.07, 6.45) is -0.708. The van der Waals surface area contributed by atoms with Crippen molar-refractivity contribution in [3.8, 4) is 5.75 Å². The Morgan fingerprint density at radius 3 is 2.29 bits per heavy atom. The van der Waals surface area contributed by atoms with Gasteiger partial charge in [0.2, 0.25) is 0 Å². The van der Waals surface area contributed by atoms with Gasteiger partial charge in [-0.3, -0.25) is 4.99 Å². The van der Waals surface area contributed by atoms with Gasteiger partial charge in [0.05, 0.1) is 19.8 Å². The standard InChI is InChI=1S/C18H23N3O2.HI/c1-12-8-13(2)10-15(9-12)21-18(19)20-11-17(22)14-4-6-16(23-3)7-5-14;/h4-10,17,22H,11H2,1-3H3,(H3,19,20,21);1H. The van der Waals surface area contributed by atoms with Crippen molar-refractivity contribution < 1.29 is 9.84 Å². The highest BCUT2D eigenvalue weighted by Gasteiger charge is 2.07. The summed E-state index contributed by atoms with van der Waals surface area (Å²) in [5.74, 6) is 1.03. The van der Waals surface area contributed by atoms with Crippen LogP contribution in [0.15, 0.2) is 47.5 Å². The molecule has 0 aliphatic heterocycles. The molecule has 0 bridgehead atoms. The summed E-state index contributed by atoms with van der Waals surface area (Å²) in [5, 5.41) is 13.2. The highest BCUT2D eigenvalue weighted by molar-refractivity contribution is 14.0. The second-order valence-electron chi connectivity index (χ2n) is 5.52. The molecule has 0 amide bonds. The lowest BCUT2D eigenvalue weighted by atomic mass is 10.1. The van der Waals surface area contributed by atoms with E-state index in [1.165, 1.54) is 0 Å². The molecule has 1 atom stereocenters. The molecule has 0 aliphatic rings. The number of ether oxygens (including phenoxy) is 1. The number of benzene rings is 2. The number of nitrogens with one attached hydrogen (secondary N) is 1. The van der Waals surface area contributed by atoms with Gasteiger partial charge in [0.15, 0.2) is 5.96 Å². The van der Waals surface area contributed by atoms with Crippen LogP contribution in [0.1, 0.15) is 22.8 Å². The fourth-order valence-corrected chi connectivity index (χ4v) is 2.35. The number of rotatable bonds is 5. The molecule has 2 aromatic rings. The number of methoxy groups -OCH3 is 1. The van der Waals surface area contributed by atoms with E-state index in [0.717, 1.165) is 28.1 Å². The van der Waals surface area contributed by atoms with E-state index in [9.17, 15) is 5.11 Å². The molecular formula is C18H24IN3O2. The van der Waals surface area contributed by atoms with E-state index in [2.05, 4.69) is 16.4 Å². The molecule has 5 nitrogen and oxygen atoms in total. The first-order chi connectivity index (χ1) is 11.0. The SMILES string of the molecule is COc1ccc(C(O)CN=C(N)Nc2cc(C)cc(C)c2)cc1.I. The third-order valence-electron chi connectivity index (χ3n) is 3.43. The van der Waals surface area contributed by atoms with E-state index < -0.39 is 6.10 Å². The first-order valence-corrected chi connectivity index (χ1v) is 7.45. The molecule has 0 aliphatic carbocycles. The quantitative estimate of drug-likeness (QED) is 0.378. The van der Waals surface area contributed by atoms with Gasteiger partial charge in [-0.25, -0.2) is 0 Å². The average molecular weight is 441 g/mol. The Morgan fingerprint density at radius 2 is 1.75 bits per heavy atom. The highest BCUT2D eigenvalue weighted by atomic mass is 127. The Hall–Kier alpha value is -1.80. The van der Waals surface area contributed by atoms with E-state index in [-0.39, 0.29) is 36.5 Å². The molecule has 0 saturated carbocycles. The fraction of sp³-hybridized carbons (Fsp3) is 0.278. The predicted molar refractivity (Wildman–Crippen MR) is 109 cm³/mol. The lowest BCUT2D eigenvalue weighted by Crippen LogP contribution is -2.23. The summed E-state index contributed by atoms with van der Waals surface area (Å²) in [6, 6.07) is 13.3. The molecule has 2 aromatic carbocycles. The van der Waals surface area contributed by atoms with Crippen molar-refractivity contribution in [3.63, 3.8) is 0 Å². The molecule has 4 N–H and O–H groups in total. The van der Waals surface area contributed by atoms with Crippen LogP contribution < -0.4 is 15.8 Å². The lowest BCUT2D eigenvalue weighted by Gasteiger charge is -2.11. The minimum atomic E-state index is -0.708. The molecule has 130 valence electrons. The number of aryl methyl sites for hydroxylation is 2. The summed E-state index contributed by atoms with van der Waals surface area (Å²) >= 11 is 0. The molecule has 0 spiro atoms. The number of hydrogen-bond donors (Lipinski definition) is 3. The van der Waals surface area contributed by atoms with Crippen LogP contribution in [0.2, 0.25) is 0 Å². The van der Waals surface area contributed by atoms with Crippen molar-refractivity contribution in [2.75, 3.05) is 19.0 Å². The summed E-state index contributed by atoms with van der Waals surface area (Å²) in [4.78, 5) is 4.20. The Labute approximate surface area is 160 Å². The van der Waals surface area contributed by atoms with E-state index in [1.807, 2.05) is 38.1 Å². The first kappa shape index (κ1) is 20.2. The predicted octanol–water partition coefficient (Wildman–Crippen LogP) is 3.39. The van der Waals surface area contributed by atoms with E-state index in [0.29, 0.717) is 0 Å². The Kier molecular flexibility index (Phi) is 8.00. The van der Waals surface area contributed by atoms with Gasteiger partial charge < -0.3 is 20.9 Å². The molecular weight excluding hydrogens is 417 g/mol. The van der Waals surface area contributed by atoms with Crippen LogP contribution in [0.25, 0.3) is 0 Å². The fourth-order valence-electron chi connectivity index (χ4n) is 2.35. The Balaban J connectivity index is 0.00000288.